The van der Waals surface area contributed by atoms with Gasteiger partial charge in [-0.3, -0.25) is 14.8 Å². The van der Waals surface area contributed by atoms with Crippen LogP contribution >= 0.6 is 0 Å². The summed E-state index contributed by atoms with van der Waals surface area (Å²) in [6, 6.07) is 16.4. The third-order valence-electron chi connectivity index (χ3n) is 5.84. The summed E-state index contributed by atoms with van der Waals surface area (Å²) in [7, 11) is -4.08. The first-order valence-electron chi connectivity index (χ1n) is 11.5. The van der Waals surface area contributed by atoms with Gasteiger partial charge in [0.25, 0.3) is 16.1 Å². The van der Waals surface area contributed by atoms with Crippen LogP contribution < -0.4 is 10.8 Å². The van der Waals surface area contributed by atoms with Crippen molar-refractivity contribution in [3.63, 3.8) is 0 Å². The van der Waals surface area contributed by atoms with Gasteiger partial charge in [-0.25, -0.2) is 5.48 Å². The number of nitrogens with zero attached hydrogens (tertiary/aromatic N) is 2. The topological polar surface area (TPSA) is 119 Å². The first-order chi connectivity index (χ1) is 16.4. The lowest BCUT2D eigenvalue weighted by molar-refractivity contribution is -0.129. The van der Waals surface area contributed by atoms with Crippen LogP contribution in [0.15, 0.2) is 54.6 Å². The van der Waals surface area contributed by atoms with Crippen LogP contribution in [0.4, 0.5) is 5.69 Å². The van der Waals surface area contributed by atoms with Gasteiger partial charge in [-0.15, -0.1) is 0 Å². The van der Waals surface area contributed by atoms with E-state index in [1.165, 1.54) is 5.48 Å². The van der Waals surface area contributed by atoms with Gasteiger partial charge in [-0.05, 0) is 42.5 Å². The molecule has 0 aromatic heterocycles. The molecule has 0 aliphatic carbocycles. The number of benzene rings is 2. The summed E-state index contributed by atoms with van der Waals surface area (Å²) in [4.78, 5) is 24.8. The third-order valence-corrected chi connectivity index (χ3v) is 7.84. The van der Waals surface area contributed by atoms with E-state index in [0.717, 1.165) is 32.6 Å². The Kier molecular flexibility index (Phi) is 9.17. The molecule has 3 N–H and O–H groups in total. The van der Waals surface area contributed by atoms with Crippen LogP contribution in [0.3, 0.4) is 0 Å². The maximum atomic E-state index is 13.4. The van der Waals surface area contributed by atoms with Gasteiger partial charge in [0.15, 0.2) is 0 Å². The van der Waals surface area contributed by atoms with Crippen molar-refractivity contribution in [2.24, 2.45) is 0 Å². The average Bonchev–Trinajstić information content (AvgIpc) is 3.36. The Balaban J connectivity index is 1.72. The fourth-order valence-electron chi connectivity index (χ4n) is 4.04. The highest BCUT2D eigenvalue weighted by atomic mass is 32.2. The Morgan fingerprint density at radius 1 is 1.06 bits per heavy atom. The van der Waals surface area contributed by atoms with Gasteiger partial charge in [0.1, 0.15) is 6.04 Å². The monoisotopic (exact) mass is 488 g/mol. The zero-order chi connectivity index (χ0) is 24.6. The fraction of sp³-hybridized carbons (Fsp3) is 0.417. The molecule has 1 unspecified atom stereocenters. The van der Waals surface area contributed by atoms with E-state index in [1.807, 2.05) is 49.4 Å². The summed E-state index contributed by atoms with van der Waals surface area (Å²) >= 11 is 0. The number of anilines is 1. The van der Waals surface area contributed by atoms with Crippen molar-refractivity contribution >= 4 is 27.7 Å². The second kappa shape index (κ2) is 12.1. The minimum atomic E-state index is -4.08. The number of nitrogens with one attached hydrogen (secondary N) is 2. The molecule has 1 aliphatic heterocycles. The second-order valence-electron chi connectivity index (χ2n) is 8.28. The van der Waals surface area contributed by atoms with Crippen molar-refractivity contribution in [1.29, 1.82) is 0 Å². The molecule has 9 nitrogen and oxygen atoms in total. The lowest BCUT2D eigenvalue weighted by Gasteiger charge is -2.30. The fourth-order valence-corrected chi connectivity index (χ4v) is 5.86. The summed E-state index contributed by atoms with van der Waals surface area (Å²) in [5.41, 5.74) is 4.13. The van der Waals surface area contributed by atoms with E-state index in [0.29, 0.717) is 24.9 Å². The highest BCUT2D eigenvalue weighted by Gasteiger charge is 2.42. The van der Waals surface area contributed by atoms with Gasteiger partial charge < -0.3 is 5.32 Å². The molecule has 34 heavy (non-hydrogen) atoms. The predicted octanol–water partition coefficient (Wildman–Crippen LogP) is 3.00. The third kappa shape index (κ3) is 6.41. The van der Waals surface area contributed by atoms with E-state index in [4.69, 9.17) is 5.21 Å². The number of unbranched alkanes of at least 4 members (excludes halogenated alkanes) is 2. The normalized spacial score (nSPS) is 16.5. The highest BCUT2D eigenvalue weighted by molar-refractivity contribution is 7.86. The Bertz CT molecular complexity index is 1060. The standard InChI is InChI=1S/C24H32N4O5S/c1-2-3-7-16-27(18-23(29)26-31)34(32,33)28-17-8-11-22(28)24(30)25-21-14-12-20(13-15-21)19-9-5-4-6-10-19/h4-6,9-10,12-15,22,31H,2-3,7-8,11,16-18H2,1H3,(H,25,30)(H,26,29). The molecule has 0 saturated carbocycles. The zero-order valence-corrected chi connectivity index (χ0v) is 20.1. The summed E-state index contributed by atoms with van der Waals surface area (Å²) in [5, 5.41) is 11.7. The van der Waals surface area contributed by atoms with Gasteiger partial charge in [0, 0.05) is 18.8 Å². The van der Waals surface area contributed by atoms with Crippen molar-refractivity contribution in [3.05, 3.63) is 54.6 Å². The number of amides is 2. The zero-order valence-electron chi connectivity index (χ0n) is 19.3. The Labute approximate surface area is 200 Å². The van der Waals surface area contributed by atoms with Crippen molar-refractivity contribution in [2.75, 3.05) is 25.0 Å². The molecule has 1 saturated heterocycles. The molecule has 2 aromatic carbocycles. The van der Waals surface area contributed by atoms with Gasteiger partial charge in [0.05, 0.1) is 6.54 Å². The number of rotatable bonds is 11. The maximum absolute atomic E-state index is 13.4. The minimum absolute atomic E-state index is 0.134. The van der Waals surface area contributed by atoms with E-state index < -0.39 is 34.6 Å². The van der Waals surface area contributed by atoms with Crippen molar-refractivity contribution < 1.29 is 23.2 Å². The van der Waals surface area contributed by atoms with Crippen LogP contribution in [0.1, 0.15) is 39.0 Å². The summed E-state index contributed by atoms with van der Waals surface area (Å²) in [6.07, 6.45) is 3.20. The van der Waals surface area contributed by atoms with Crippen LogP contribution in [0.2, 0.25) is 0 Å². The molecule has 0 bridgehead atoms. The number of hydroxylamine groups is 1. The molecule has 2 amide bonds. The van der Waals surface area contributed by atoms with Gasteiger partial charge in [0.2, 0.25) is 5.91 Å². The minimum Gasteiger partial charge on any atom is -0.325 e. The van der Waals surface area contributed by atoms with Crippen molar-refractivity contribution in [3.8, 4) is 11.1 Å². The quantitative estimate of drug-likeness (QED) is 0.255. The lowest BCUT2D eigenvalue weighted by Crippen LogP contribution is -2.52. The number of carbonyl (C=O) groups is 2. The maximum Gasteiger partial charge on any atom is 0.283 e. The van der Waals surface area contributed by atoms with Crippen molar-refractivity contribution in [2.45, 2.75) is 45.1 Å². The molecule has 0 radical (unpaired) electrons. The van der Waals surface area contributed by atoms with E-state index >= 15 is 0 Å². The average molecular weight is 489 g/mol. The van der Waals surface area contributed by atoms with E-state index in [2.05, 4.69) is 5.32 Å². The van der Waals surface area contributed by atoms with E-state index in [1.54, 1.807) is 12.1 Å². The van der Waals surface area contributed by atoms with Crippen LogP contribution in [-0.2, 0) is 19.8 Å². The predicted molar refractivity (Wildman–Crippen MR) is 130 cm³/mol. The van der Waals surface area contributed by atoms with Crippen LogP contribution in [0, 0.1) is 0 Å². The Morgan fingerprint density at radius 3 is 2.38 bits per heavy atom. The van der Waals surface area contributed by atoms with Crippen LogP contribution in [0.5, 0.6) is 0 Å². The summed E-state index contributed by atoms with van der Waals surface area (Å²) < 4.78 is 28.9. The number of hydrogen-bond acceptors (Lipinski definition) is 5. The first-order valence-corrected chi connectivity index (χ1v) is 12.9. The molecule has 1 aliphatic rings. The summed E-state index contributed by atoms with van der Waals surface area (Å²) in [5.74, 6) is -1.23. The molecule has 184 valence electrons. The smallest absolute Gasteiger partial charge is 0.283 e. The van der Waals surface area contributed by atoms with E-state index in [9.17, 15) is 18.0 Å². The molecule has 0 spiro atoms. The highest BCUT2D eigenvalue weighted by Crippen LogP contribution is 2.26. The molecule has 1 atom stereocenters. The van der Waals surface area contributed by atoms with E-state index in [-0.39, 0.29) is 13.1 Å². The van der Waals surface area contributed by atoms with Crippen LogP contribution in [0.25, 0.3) is 11.1 Å². The lowest BCUT2D eigenvalue weighted by atomic mass is 10.1. The molecule has 10 heteroatoms. The largest absolute Gasteiger partial charge is 0.325 e. The molecule has 1 fully saturated rings. The molecule has 3 rings (SSSR count). The molecular weight excluding hydrogens is 456 g/mol. The molecular formula is C24H32N4O5S. The van der Waals surface area contributed by atoms with Crippen molar-refractivity contribution in [1.82, 2.24) is 14.1 Å². The van der Waals surface area contributed by atoms with Gasteiger partial charge in [-0.1, -0.05) is 62.2 Å². The number of carbonyl (C=O) groups excluding carboxylic acids is 2. The van der Waals surface area contributed by atoms with Gasteiger partial charge in [-0.2, -0.15) is 17.0 Å². The first kappa shape index (κ1) is 25.8. The van der Waals surface area contributed by atoms with Gasteiger partial charge >= 0.3 is 0 Å². The second-order valence-corrected chi connectivity index (χ2v) is 10.2. The Hall–Kier alpha value is -2.79. The number of hydrogen-bond donors (Lipinski definition) is 3. The summed E-state index contributed by atoms with van der Waals surface area (Å²) in [6.45, 7) is 1.81. The SMILES string of the molecule is CCCCCN(CC(=O)NO)S(=O)(=O)N1CCCC1C(=O)Nc1ccc(-c2ccccc2)cc1. The molecule has 2 aromatic rings. The molecule has 1 heterocycles. The van der Waals surface area contributed by atoms with Crippen LogP contribution in [-0.4, -0.2) is 59.7 Å². The Morgan fingerprint density at radius 2 is 1.74 bits per heavy atom.